The standard InChI is InChI=1S/C19H19BN2O6/c1-3-28-19(24)16-11-22(10-12-4-6-14(27-2)7-5-12)18-15(17(16)23)8-13(9-21-18)20(25)26/h4-9,11,25-26H,3,10H2,1-2H3. The van der Waals surface area contributed by atoms with Gasteiger partial charge in [-0.05, 0) is 30.7 Å². The van der Waals surface area contributed by atoms with Crippen molar-refractivity contribution in [3.8, 4) is 5.75 Å². The fourth-order valence-electron chi connectivity index (χ4n) is 2.83. The third-order valence-corrected chi connectivity index (χ3v) is 4.24. The van der Waals surface area contributed by atoms with Crippen molar-refractivity contribution in [3.63, 3.8) is 0 Å². The van der Waals surface area contributed by atoms with E-state index in [0.717, 1.165) is 5.56 Å². The molecule has 28 heavy (non-hydrogen) atoms. The molecular weight excluding hydrogens is 363 g/mol. The number of benzene rings is 1. The number of methoxy groups -OCH3 is 1. The van der Waals surface area contributed by atoms with Crippen LogP contribution in [0.3, 0.4) is 0 Å². The highest BCUT2D eigenvalue weighted by molar-refractivity contribution is 6.58. The Balaban J connectivity index is 2.17. The Labute approximate surface area is 161 Å². The van der Waals surface area contributed by atoms with Crippen LogP contribution in [0.5, 0.6) is 5.75 Å². The molecule has 0 radical (unpaired) electrons. The van der Waals surface area contributed by atoms with Crippen molar-refractivity contribution in [2.75, 3.05) is 13.7 Å². The van der Waals surface area contributed by atoms with Gasteiger partial charge in [-0.3, -0.25) is 4.79 Å². The smallest absolute Gasteiger partial charge is 0.490 e. The first-order valence-electron chi connectivity index (χ1n) is 8.64. The Kier molecular flexibility index (Phi) is 5.77. The van der Waals surface area contributed by atoms with Crippen LogP contribution >= 0.6 is 0 Å². The van der Waals surface area contributed by atoms with Gasteiger partial charge < -0.3 is 24.1 Å². The number of nitrogens with zero attached hydrogens (tertiary/aromatic N) is 2. The van der Waals surface area contributed by atoms with Crippen molar-refractivity contribution < 1.29 is 24.3 Å². The number of rotatable bonds is 6. The lowest BCUT2D eigenvalue weighted by Crippen LogP contribution is -2.32. The summed E-state index contributed by atoms with van der Waals surface area (Å²) in [7, 11) is -0.204. The topological polar surface area (TPSA) is 111 Å². The molecule has 8 nitrogen and oxygen atoms in total. The maximum Gasteiger partial charge on any atom is 0.490 e. The molecule has 0 aliphatic rings. The molecule has 9 heteroatoms. The van der Waals surface area contributed by atoms with E-state index >= 15 is 0 Å². The van der Waals surface area contributed by atoms with E-state index in [2.05, 4.69) is 4.98 Å². The maximum atomic E-state index is 12.8. The lowest BCUT2D eigenvalue weighted by atomic mass is 9.81. The summed E-state index contributed by atoms with van der Waals surface area (Å²) in [5.41, 5.74) is 0.553. The summed E-state index contributed by atoms with van der Waals surface area (Å²) in [6, 6.07) is 8.65. The summed E-state index contributed by atoms with van der Waals surface area (Å²) in [4.78, 5) is 29.2. The third kappa shape index (κ3) is 3.90. The predicted molar refractivity (Wildman–Crippen MR) is 104 cm³/mol. The summed E-state index contributed by atoms with van der Waals surface area (Å²) in [6.07, 6.45) is 2.69. The molecule has 0 atom stereocenters. The van der Waals surface area contributed by atoms with Crippen LogP contribution in [0.1, 0.15) is 22.8 Å². The van der Waals surface area contributed by atoms with E-state index in [0.29, 0.717) is 17.9 Å². The Morgan fingerprint density at radius 1 is 1.25 bits per heavy atom. The second-order valence-electron chi connectivity index (χ2n) is 6.08. The number of carbonyl (C=O) groups excluding carboxylic acids is 1. The van der Waals surface area contributed by atoms with E-state index in [9.17, 15) is 19.6 Å². The second kappa shape index (κ2) is 8.24. The molecule has 0 saturated carbocycles. The fraction of sp³-hybridized carbons (Fsp3) is 0.211. The molecular formula is C19H19BN2O6. The number of aromatic nitrogens is 2. The first-order valence-corrected chi connectivity index (χ1v) is 8.64. The van der Waals surface area contributed by atoms with E-state index in [1.807, 2.05) is 12.1 Å². The molecule has 0 unspecified atom stereocenters. The number of ether oxygens (including phenoxy) is 2. The van der Waals surface area contributed by atoms with Crippen LogP contribution in [0.25, 0.3) is 11.0 Å². The lowest BCUT2D eigenvalue weighted by Gasteiger charge is -2.13. The Hall–Kier alpha value is -3.17. The molecule has 1 aromatic carbocycles. The first-order chi connectivity index (χ1) is 13.4. The van der Waals surface area contributed by atoms with Crippen LogP contribution in [0.4, 0.5) is 0 Å². The number of esters is 1. The van der Waals surface area contributed by atoms with E-state index in [4.69, 9.17) is 9.47 Å². The summed E-state index contributed by atoms with van der Waals surface area (Å²) in [5.74, 6) is -0.0340. The average Bonchev–Trinajstić information content (AvgIpc) is 2.70. The van der Waals surface area contributed by atoms with E-state index < -0.39 is 18.5 Å². The molecule has 2 N–H and O–H groups in total. The molecule has 0 fully saturated rings. The molecule has 3 aromatic rings. The van der Waals surface area contributed by atoms with Crippen molar-refractivity contribution in [2.45, 2.75) is 13.5 Å². The van der Waals surface area contributed by atoms with Crippen LogP contribution in [0, 0.1) is 0 Å². The number of fused-ring (bicyclic) bond motifs is 1. The van der Waals surface area contributed by atoms with Crippen LogP contribution < -0.4 is 15.6 Å². The Morgan fingerprint density at radius 3 is 2.57 bits per heavy atom. The highest BCUT2D eigenvalue weighted by Gasteiger charge is 2.20. The molecule has 0 bridgehead atoms. The Morgan fingerprint density at radius 2 is 1.96 bits per heavy atom. The van der Waals surface area contributed by atoms with Gasteiger partial charge in [0.1, 0.15) is 17.0 Å². The van der Waals surface area contributed by atoms with Crippen LogP contribution in [0.2, 0.25) is 0 Å². The largest absolute Gasteiger partial charge is 0.497 e. The van der Waals surface area contributed by atoms with Crippen LogP contribution in [-0.4, -0.2) is 46.4 Å². The molecule has 3 rings (SSSR count). The minimum atomic E-state index is -1.78. The number of pyridine rings is 2. The Bertz CT molecular complexity index is 1060. The van der Waals surface area contributed by atoms with E-state index in [-0.39, 0.29) is 23.0 Å². The van der Waals surface area contributed by atoms with Gasteiger partial charge in [0.2, 0.25) is 5.43 Å². The van der Waals surface area contributed by atoms with Crippen molar-refractivity contribution in [3.05, 3.63) is 64.1 Å². The van der Waals surface area contributed by atoms with Crippen LogP contribution in [-0.2, 0) is 11.3 Å². The highest BCUT2D eigenvalue weighted by Crippen LogP contribution is 2.15. The molecule has 2 heterocycles. The van der Waals surface area contributed by atoms with Gasteiger partial charge in [0, 0.05) is 24.4 Å². The SMILES string of the molecule is CCOC(=O)c1cn(Cc2ccc(OC)cc2)c2ncc(B(O)O)cc2c1=O. The van der Waals surface area contributed by atoms with E-state index in [1.165, 1.54) is 18.5 Å². The zero-order chi connectivity index (χ0) is 20.3. The van der Waals surface area contributed by atoms with Crippen molar-refractivity contribution in [1.29, 1.82) is 0 Å². The predicted octanol–water partition coefficient (Wildman–Crippen LogP) is 0.310. The van der Waals surface area contributed by atoms with Crippen LogP contribution in [0.15, 0.2) is 47.5 Å². The first kappa shape index (κ1) is 19.6. The summed E-state index contributed by atoms with van der Waals surface area (Å²) in [6.45, 7) is 2.11. The van der Waals surface area contributed by atoms with E-state index in [1.54, 1.807) is 30.7 Å². The molecule has 0 aliphatic carbocycles. The number of hydrogen-bond donors (Lipinski definition) is 2. The van der Waals surface area contributed by atoms with Gasteiger partial charge in [0.25, 0.3) is 0 Å². The second-order valence-corrected chi connectivity index (χ2v) is 6.08. The van der Waals surface area contributed by atoms with Gasteiger partial charge >= 0.3 is 13.1 Å². The zero-order valence-corrected chi connectivity index (χ0v) is 15.5. The average molecular weight is 382 g/mol. The summed E-state index contributed by atoms with van der Waals surface area (Å²) in [5, 5.41) is 18.9. The van der Waals surface area contributed by atoms with Crippen molar-refractivity contribution >= 4 is 29.6 Å². The summed E-state index contributed by atoms with van der Waals surface area (Å²) < 4.78 is 11.8. The maximum absolute atomic E-state index is 12.8. The quantitative estimate of drug-likeness (QED) is 0.466. The monoisotopic (exact) mass is 382 g/mol. The van der Waals surface area contributed by atoms with Gasteiger partial charge in [0.05, 0.1) is 19.1 Å². The molecule has 0 aliphatic heterocycles. The lowest BCUT2D eigenvalue weighted by molar-refractivity contribution is 0.0524. The minimum absolute atomic E-state index is 0.0570. The molecule has 2 aromatic heterocycles. The summed E-state index contributed by atoms with van der Waals surface area (Å²) >= 11 is 0. The highest BCUT2D eigenvalue weighted by atomic mass is 16.5. The fourth-order valence-corrected chi connectivity index (χ4v) is 2.83. The zero-order valence-electron chi connectivity index (χ0n) is 15.5. The van der Waals surface area contributed by atoms with Gasteiger partial charge in [-0.1, -0.05) is 12.1 Å². The minimum Gasteiger partial charge on any atom is -0.497 e. The number of carbonyl (C=O) groups is 1. The van der Waals surface area contributed by atoms with Gasteiger partial charge in [-0.15, -0.1) is 0 Å². The third-order valence-electron chi connectivity index (χ3n) is 4.24. The molecule has 0 spiro atoms. The van der Waals surface area contributed by atoms with Gasteiger partial charge in [0.15, 0.2) is 0 Å². The normalized spacial score (nSPS) is 10.7. The molecule has 0 saturated heterocycles. The number of hydrogen-bond acceptors (Lipinski definition) is 7. The van der Waals surface area contributed by atoms with Gasteiger partial charge in [-0.25, -0.2) is 9.78 Å². The van der Waals surface area contributed by atoms with Crippen molar-refractivity contribution in [1.82, 2.24) is 9.55 Å². The van der Waals surface area contributed by atoms with Gasteiger partial charge in [-0.2, -0.15) is 0 Å². The van der Waals surface area contributed by atoms with Crippen molar-refractivity contribution in [2.24, 2.45) is 0 Å². The molecule has 144 valence electrons. The molecule has 0 amide bonds.